The maximum Gasteiger partial charge on any atom is 0.333 e. The molecular formula is C31H39N3O4S. The highest BCUT2D eigenvalue weighted by Gasteiger charge is 2.22. The lowest BCUT2D eigenvalue weighted by molar-refractivity contribution is -0.149. The first-order chi connectivity index (χ1) is 18.9. The smallest absolute Gasteiger partial charge is 0.333 e. The first-order valence-electron chi connectivity index (χ1n) is 13.6. The highest BCUT2D eigenvalue weighted by atomic mass is 32.2. The molecule has 2 heterocycles. The van der Waals surface area contributed by atoms with E-state index >= 15 is 0 Å². The molecular weight excluding hydrogens is 510 g/mol. The van der Waals surface area contributed by atoms with Crippen molar-refractivity contribution in [2.24, 2.45) is 0 Å². The molecule has 3 aromatic rings. The minimum absolute atomic E-state index is 0.336. The molecule has 0 aliphatic carbocycles. The van der Waals surface area contributed by atoms with Gasteiger partial charge >= 0.3 is 5.97 Å². The summed E-state index contributed by atoms with van der Waals surface area (Å²) in [6.07, 6.45) is -0.489. The van der Waals surface area contributed by atoms with E-state index in [-0.39, 0.29) is 0 Å². The van der Waals surface area contributed by atoms with E-state index in [1.165, 1.54) is 21.2 Å². The van der Waals surface area contributed by atoms with Gasteiger partial charge in [-0.15, -0.1) is 0 Å². The highest BCUT2D eigenvalue weighted by Crippen LogP contribution is 2.47. The summed E-state index contributed by atoms with van der Waals surface area (Å²) in [5.41, 5.74) is 3.30. The van der Waals surface area contributed by atoms with Gasteiger partial charge < -0.3 is 30.1 Å². The van der Waals surface area contributed by atoms with Gasteiger partial charge in [0.25, 0.3) is 0 Å². The monoisotopic (exact) mass is 549 g/mol. The van der Waals surface area contributed by atoms with Gasteiger partial charge in [0.2, 0.25) is 0 Å². The third-order valence-corrected chi connectivity index (χ3v) is 7.70. The molecule has 39 heavy (non-hydrogen) atoms. The average Bonchev–Trinajstić information content (AvgIpc) is 2.93. The summed E-state index contributed by atoms with van der Waals surface area (Å²) in [6.45, 7) is 10.1. The van der Waals surface area contributed by atoms with Crippen LogP contribution in [0, 0.1) is 0 Å². The zero-order valence-electron chi connectivity index (χ0n) is 22.9. The van der Waals surface area contributed by atoms with Crippen LogP contribution in [0.2, 0.25) is 0 Å². The Labute approximate surface area is 235 Å². The third kappa shape index (κ3) is 8.22. The maximum atomic E-state index is 11.3. The maximum absolute atomic E-state index is 11.3. The molecule has 3 N–H and O–H groups in total. The number of benzene rings is 3. The van der Waals surface area contributed by atoms with Crippen molar-refractivity contribution in [3.63, 3.8) is 0 Å². The van der Waals surface area contributed by atoms with Crippen molar-refractivity contribution in [1.29, 1.82) is 0 Å². The summed E-state index contributed by atoms with van der Waals surface area (Å²) in [5.74, 6) is -0.178. The van der Waals surface area contributed by atoms with E-state index in [0.29, 0.717) is 31.7 Å². The van der Waals surface area contributed by atoms with E-state index < -0.39 is 12.1 Å². The van der Waals surface area contributed by atoms with E-state index in [1.54, 1.807) is 18.7 Å². The van der Waals surface area contributed by atoms with Crippen molar-refractivity contribution in [3.8, 4) is 5.75 Å². The number of rotatable bonds is 9. The number of nitrogens with one attached hydrogen (secondary N) is 2. The Balaban J connectivity index is 0.000000379. The lowest BCUT2D eigenvalue weighted by Crippen LogP contribution is -2.52. The van der Waals surface area contributed by atoms with Gasteiger partial charge in [-0.1, -0.05) is 48.2 Å². The fourth-order valence-electron chi connectivity index (χ4n) is 4.75. The normalized spacial score (nSPS) is 18.7. The largest absolute Gasteiger partial charge is 0.492 e. The number of para-hydroxylation sites is 2. The Morgan fingerprint density at radius 2 is 1.56 bits per heavy atom. The van der Waals surface area contributed by atoms with Crippen molar-refractivity contribution < 1.29 is 19.4 Å². The summed E-state index contributed by atoms with van der Waals surface area (Å²) in [4.78, 5) is 16.1. The van der Waals surface area contributed by atoms with Crippen molar-refractivity contribution in [2.75, 3.05) is 37.7 Å². The number of hydrogen-bond acceptors (Lipinski definition) is 7. The van der Waals surface area contributed by atoms with E-state index in [9.17, 15) is 9.90 Å². The summed E-state index contributed by atoms with van der Waals surface area (Å²) in [6, 6.07) is 25.7. The van der Waals surface area contributed by atoms with Crippen molar-refractivity contribution in [2.45, 2.75) is 55.2 Å². The molecule has 8 heteroatoms. The van der Waals surface area contributed by atoms with Gasteiger partial charge in [0.1, 0.15) is 12.4 Å². The molecule has 0 amide bonds. The first-order valence-corrected chi connectivity index (χ1v) is 14.4. The van der Waals surface area contributed by atoms with Crippen LogP contribution >= 0.6 is 11.8 Å². The van der Waals surface area contributed by atoms with Crippen LogP contribution in [-0.2, 0) is 16.0 Å². The molecule has 2 aliphatic heterocycles. The molecule has 0 radical (unpaired) electrons. The van der Waals surface area contributed by atoms with E-state index in [2.05, 4.69) is 77.9 Å². The molecule has 7 nitrogen and oxygen atoms in total. The van der Waals surface area contributed by atoms with Crippen LogP contribution in [0.15, 0.2) is 82.6 Å². The van der Waals surface area contributed by atoms with Gasteiger partial charge in [0.05, 0.1) is 17.9 Å². The number of piperazine rings is 1. The number of ether oxygens (including phenoxy) is 2. The predicted octanol–water partition coefficient (Wildman–Crippen LogP) is 5.36. The van der Waals surface area contributed by atoms with E-state index in [1.807, 2.05) is 24.3 Å². The number of hydrogen-bond donors (Lipinski definition) is 3. The van der Waals surface area contributed by atoms with Gasteiger partial charge in [-0.3, -0.25) is 0 Å². The standard InChI is InChI=1S/C25H25NO4S.C6H14N2/c1-2-29-22(25(27)28)17-18-11-13-19(14-12-18)30-16-15-26-20-7-3-5-9-23(20)31-24-10-6-4-8-21(24)26;1-5-3-7-4-6(2)8-5/h3-14,22H,2,15-17H2,1H3,(H,27,28);5-8H,3-4H2,1-2H3/t22-;/m0./s1. The Morgan fingerprint density at radius 3 is 2.08 bits per heavy atom. The second-order valence-electron chi connectivity index (χ2n) is 9.79. The van der Waals surface area contributed by atoms with Gasteiger partial charge in [-0.25, -0.2) is 4.79 Å². The highest BCUT2D eigenvalue weighted by molar-refractivity contribution is 7.99. The molecule has 208 valence electrons. The van der Waals surface area contributed by atoms with Crippen molar-refractivity contribution in [1.82, 2.24) is 10.6 Å². The second-order valence-corrected chi connectivity index (χ2v) is 10.9. The quantitative estimate of drug-likeness (QED) is 0.329. The Bertz CT molecular complexity index is 1150. The first kappa shape index (κ1) is 29.0. The van der Waals surface area contributed by atoms with Gasteiger partial charge in [0.15, 0.2) is 6.10 Å². The number of anilines is 2. The summed E-state index contributed by atoms with van der Waals surface area (Å²) in [7, 11) is 0. The Hall–Kier alpha value is -3.04. The van der Waals surface area contributed by atoms with Gasteiger partial charge in [-0.05, 0) is 62.7 Å². The van der Waals surface area contributed by atoms with Crippen LogP contribution in [0.25, 0.3) is 0 Å². The summed E-state index contributed by atoms with van der Waals surface area (Å²) < 4.78 is 11.3. The number of carbonyl (C=O) groups is 1. The summed E-state index contributed by atoms with van der Waals surface area (Å²) >= 11 is 1.79. The van der Waals surface area contributed by atoms with Crippen LogP contribution in [-0.4, -0.2) is 62.1 Å². The van der Waals surface area contributed by atoms with Crippen LogP contribution < -0.4 is 20.3 Å². The number of aliphatic carboxylic acids is 1. The predicted molar refractivity (Wildman–Crippen MR) is 158 cm³/mol. The van der Waals surface area contributed by atoms with Crippen molar-refractivity contribution in [3.05, 3.63) is 78.4 Å². The van der Waals surface area contributed by atoms with Crippen molar-refractivity contribution >= 4 is 29.1 Å². The molecule has 3 aromatic carbocycles. The molecule has 0 bridgehead atoms. The van der Waals surface area contributed by atoms with Gasteiger partial charge in [0, 0.05) is 48.0 Å². The number of nitrogens with zero attached hydrogens (tertiary/aromatic N) is 1. The van der Waals surface area contributed by atoms with Crippen LogP contribution in [0.5, 0.6) is 5.75 Å². The zero-order valence-corrected chi connectivity index (χ0v) is 23.7. The Morgan fingerprint density at radius 1 is 0.974 bits per heavy atom. The molecule has 0 aromatic heterocycles. The number of carboxylic acids is 1. The van der Waals surface area contributed by atoms with Crippen LogP contribution in [0.1, 0.15) is 26.3 Å². The zero-order chi connectivity index (χ0) is 27.6. The lowest BCUT2D eigenvalue weighted by Gasteiger charge is -2.32. The van der Waals surface area contributed by atoms with Crippen LogP contribution in [0.4, 0.5) is 11.4 Å². The molecule has 0 saturated carbocycles. The minimum atomic E-state index is -0.942. The summed E-state index contributed by atoms with van der Waals surface area (Å²) in [5, 5.41) is 16.0. The number of fused-ring (bicyclic) bond motifs is 2. The third-order valence-electron chi connectivity index (χ3n) is 6.57. The molecule has 1 fully saturated rings. The molecule has 0 spiro atoms. The lowest BCUT2D eigenvalue weighted by atomic mass is 10.1. The van der Waals surface area contributed by atoms with Gasteiger partial charge in [-0.2, -0.15) is 0 Å². The molecule has 1 saturated heterocycles. The average molecular weight is 550 g/mol. The SMILES string of the molecule is CC1CNCC(C)N1.CCO[C@@H](Cc1ccc(OCCN2c3ccccc3Sc3ccccc32)cc1)C(=O)O. The topological polar surface area (TPSA) is 83.1 Å². The Kier molecular flexibility index (Phi) is 10.7. The van der Waals surface area contributed by atoms with E-state index in [4.69, 9.17) is 9.47 Å². The second kappa shape index (κ2) is 14.4. The molecule has 2 aliphatic rings. The van der Waals surface area contributed by atoms with E-state index in [0.717, 1.165) is 30.9 Å². The molecule has 5 rings (SSSR count). The van der Waals surface area contributed by atoms with Crippen LogP contribution in [0.3, 0.4) is 0 Å². The molecule has 2 unspecified atom stereocenters. The minimum Gasteiger partial charge on any atom is -0.492 e. The fraction of sp³-hybridized carbons (Fsp3) is 0.387. The molecule has 3 atom stereocenters. The number of carboxylic acid groups (broad SMARTS) is 1. The fourth-order valence-corrected chi connectivity index (χ4v) is 5.85.